The van der Waals surface area contributed by atoms with Gasteiger partial charge in [0.25, 0.3) is 0 Å². The van der Waals surface area contributed by atoms with E-state index in [1.165, 1.54) is 24.1 Å². The highest BCUT2D eigenvalue weighted by molar-refractivity contribution is 9.10. The lowest BCUT2D eigenvalue weighted by molar-refractivity contribution is 0.150. The van der Waals surface area contributed by atoms with Crippen LogP contribution in [0.5, 0.6) is 0 Å². The second-order valence-electron chi connectivity index (χ2n) is 4.07. The molecule has 0 aromatic heterocycles. The van der Waals surface area contributed by atoms with Crippen molar-refractivity contribution < 1.29 is 13.9 Å². The van der Waals surface area contributed by atoms with Gasteiger partial charge in [-0.2, -0.15) is 4.99 Å². The highest BCUT2D eigenvalue weighted by atomic mass is 79.9. The number of amides is 2. The first kappa shape index (κ1) is 14.0. The Morgan fingerprint density at radius 2 is 2.32 bits per heavy atom. The van der Waals surface area contributed by atoms with Gasteiger partial charge in [-0.3, -0.25) is 0 Å². The van der Waals surface area contributed by atoms with Crippen LogP contribution in [-0.2, 0) is 4.74 Å². The second kappa shape index (κ2) is 5.66. The van der Waals surface area contributed by atoms with Gasteiger partial charge in [-0.1, -0.05) is 15.9 Å². The molecule has 0 saturated heterocycles. The van der Waals surface area contributed by atoms with Gasteiger partial charge in [0.1, 0.15) is 17.7 Å². The van der Waals surface area contributed by atoms with Gasteiger partial charge in [0.05, 0.1) is 6.61 Å². The number of aliphatic imine (C=N–C) groups is 1. The minimum Gasteiger partial charge on any atom is -0.385 e. The van der Waals surface area contributed by atoms with E-state index < -0.39 is 17.9 Å². The standard InChI is InChI=1S/C12H13BrFN3O2/c1-19-5-4-17-10(11(15)16-12(17)18)8-6-7(14)2-3-9(8)13/h2-3,6,10H,4-5H2,1H3,(H2,15,16,18). The lowest BCUT2D eigenvalue weighted by Crippen LogP contribution is -2.35. The molecule has 0 aliphatic carbocycles. The molecule has 0 bridgehead atoms. The Bertz CT molecular complexity index is 536. The molecule has 1 aromatic rings. The van der Waals surface area contributed by atoms with Crippen LogP contribution < -0.4 is 5.73 Å². The molecule has 1 aromatic carbocycles. The summed E-state index contributed by atoms with van der Waals surface area (Å²) in [5.74, 6) is -0.232. The Labute approximate surface area is 118 Å². The Kier molecular flexibility index (Phi) is 4.16. The van der Waals surface area contributed by atoms with Gasteiger partial charge in [0, 0.05) is 18.1 Å². The van der Waals surface area contributed by atoms with E-state index in [0.717, 1.165) is 0 Å². The fourth-order valence-electron chi connectivity index (χ4n) is 1.97. The Morgan fingerprint density at radius 3 is 3.00 bits per heavy atom. The molecule has 0 spiro atoms. The van der Waals surface area contributed by atoms with E-state index in [1.54, 1.807) is 6.07 Å². The molecule has 7 heteroatoms. The lowest BCUT2D eigenvalue weighted by atomic mass is 10.1. The number of urea groups is 1. The fourth-order valence-corrected chi connectivity index (χ4v) is 2.44. The van der Waals surface area contributed by atoms with Crippen LogP contribution in [0.1, 0.15) is 11.6 Å². The van der Waals surface area contributed by atoms with E-state index in [1.807, 2.05) is 0 Å². The number of nitrogens with two attached hydrogens (primary N) is 1. The molecule has 2 rings (SSSR count). The summed E-state index contributed by atoms with van der Waals surface area (Å²) in [5, 5.41) is 0. The van der Waals surface area contributed by atoms with Crippen molar-refractivity contribution in [1.82, 2.24) is 4.90 Å². The summed E-state index contributed by atoms with van der Waals surface area (Å²) in [6.07, 6.45) is 0. The van der Waals surface area contributed by atoms with Crippen LogP contribution in [0.15, 0.2) is 27.7 Å². The number of halogens is 2. The summed E-state index contributed by atoms with van der Waals surface area (Å²) in [6, 6.07) is 3.26. The van der Waals surface area contributed by atoms with Gasteiger partial charge in [0.15, 0.2) is 0 Å². The Morgan fingerprint density at radius 1 is 1.58 bits per heavy atom. The van der Waals surface area contributed by atoms with Crippen molar-refractivity contribution >= 4 is 27.8 Å². The number of amidine groups is 1. The highest BCUT2D eigenvalue weighted by Crippen LogP contribution is 2.32. The topological polar surface area (TPSA) is 67.9 Å². The molecule has 19 heavy (non-hydrogen) atoms. The lowest BCUT2D eigenvalue weighted by Gasteiger charge is -2.25. The third-order valence-corrected chi connectivity index (χ3v) is 3.57. The summed E-state index contributed by atoms with van der Waals surface area (Å²) in [4.78, 5) is 17.0. The van der Waals surface area contributed by atoms with Gasteiger partial charge >= 0.3 is 6.03 Å². The summed E-state index contributed by atoms with van der Waals surface area (Å²) >= 11 is 3.34. The van der Waals surface area contributed by atoms with Gasteiger partial charge in [-0.05, 0) is 23.8 Å². The molecule has 0 radical (unpaired) electrons. The Balaban J connectivity index is 2.36. The molecule has 5 nitrogen and oxygen atoms in total. The van der Waals surface area contributed by atoms with E-state index in [0.29, 0.717) is 23.2 Å². The maximum atomic E-state index is 13.4. The molecule has 2 N–H and O–H groups in total. The van der Waals surface area contributed by atoms with E-state index in [9.17, 15) is 9.18 Å². The van der Waals surface area contributed by atoms with Crippen molar-refractivity contribution in [3.63, 3.8) is 0 Å². The van der Waals surface area contributed by atoms with Crippen LogP contribution in [0.3, 0.4) is 0 Å². The van der Waals surface area contributed by atoms with Crippen LogP contribution in [0.2, 0.25) is 0 Å². The fraction of sp³-hybridized carbons (Fsp3) is 0.333. The average Bonchev–Trinajstić information content (AvgIpc) is 2.64. The van der Waals surface area contributed by atoms with E-state index in [2.05, 4.69) is 20.9 Å². The van der Waals surface area contributed by atoms with E-state index >= 15 is 0 Å². The number of ether oxygens (including phenoxy) is 1. The minimum atomic E-state index is -0.562. The number of carbonyl (C=O) groups excluding carboxylic acids is 1. The van der Waals surface area contributed by atoms with E-state index in [4.69, 9.17) is 10.5 Å². The Hall–Kier alpha value is -1.47. The normalized spacial score (nSPS) is 18.9. The smallest absolute Gasteiger partial charge is 0.346 e. The van der Waals surface area contributed by atoms with Crippen LogP contribution in [0, 0.1) is 5.82 Å². The molecule has 0 saturated carbocycles. The quantitative estimate of drug-likeness (QED) is 0.919. The van der Waals surface area contributed by atoms with Crippen molar-refractivity contribution in [1.29, 1.82) is 0 Å². The first-order chi connectivity index (χ1) is 9.04. The highest BCUT2D eigenvalue weighted by Gasteiger charge is 2.35. The average molecular weight is 330 g/mol. The monoisotopic (exact) mass is 329 g/mol. The van der Waals surface area contributed by atoms with Crippen molar-refractivity contribution in [3.05, 3.63) is 34.1 Å². The summed E-state index contributed by atoms with van der Waals surface area (Å²) < 4.78 is 19.0. The predicted octanol–water partition coefficient (Wildman–Crippen LogP) is 2.07. The van der Waals surface area contributed by atoms with Gasteiger partial charge in [0.2, 0.25) is 0 Å². The number of carbonyl (C=O) groups is 1. The second-order valence-corrected chi connectivity index (χ2v) is 4.93. The number of hydrogen-bond acceptors (Lipinski definition) is 3. The first-order valence-electron chi connectivity index (χ1n) is 5.63. The third kappa shape index (κ3) is 2.76. The maximum absolute atomic E-state index is 13.4. The minimum absolute atomic E-state index is 0.160. The van der Waals surface area contributed by atoms with Crippen molar-refractivity contribution in [2.75, 3.05) is 20.3 Å². The van der Waals surface area contributed by atoms with Crippen molar-refractivity contribution in [2.45, 2.75) is 6.04 Å². The zero-order valence-electron chi connectivity index (χ0n) is 10.3. The molecular formula is C12H13BrFN3O2. The van der Waals surface area contributed by atoms with Gasteiger partial charge in [-0.25, -0.2) is 9.18 Å². The molecule has 1 atom stereocenters. The maximum Gasteiger partial charge on any atom is 0.346 e. The van der Waals surface area contributed by atoms with Crippen LogP contribution in [-0.4, -0.2) is 37.0 Å². The molecule has 2 amide bonds. The van der Waals surface area contributed by atoms with Crippen LogP contribution in [0.4, 0.5) is 9.18 Å². The molecule has 1 unspecified atom stereocenters. The SMILES string of the molecule is COCCN1C(=O)N=C(N)C1c1cc(F)ccc1Br. The number of methoxy groups -OCH3 is 1. The predicted molar refractivity (Wildman–Crippen MR) is 72.4 cm³/mol. The number of nitrogens with zero attached hydrogens (tertiary/aromatic N) is 2. The molecule has 1 aliphatic heterocycles. The number of hydrogen-bond donors (Lipinski definition) is 1. The largest absolute Gasteiger partial charge is 0.385 e. The summed E-state index contributed by atoms with van der Waals surface area (Å²) in [6.45, 7) is 0.700. The molecular weight excluding hydrogens is 317 g/mol. The van der Waals surface area contributed by atoms with Crippen molar-refractivity contribution in [2.24, 2.45) is 10.7 Å². The molecule has 0 fully saturated rings. The molecule has 1 heterocycles. The van der Waals surface area contributed by atoms with Gasteiger partial charge in [-0.15, -0.1) is 0 Å². The van der Waals surface area contributed by atoms with Crippen LogP contribution in [0.25, 0.3) is 0 Å². The molecule has 102 valence electrons. The van der Waals surface area contributed by atoms with E-state index in [-0.39, 0.29) is 5.84 Å². The summed E-state index contributed by atoms with van der Waals surface area (Å²) in [7, 11) is 1.54. The van der Waals surface area contributed by atoms with Gasteiger partial charge < -0.3 is 15.4 Å². The summed E-state index contributed by atoms with van der Waals surface area (Å²) in [5.41, 5.74) is 6.36. The molecule has 1 aliphatic rings. The number of rotatable bonds is 4. The zero-order valence-corrected chi connectivity index (χ0v) is 11.9. The van der Waals surface area contributed by atoms with Crippen LogP contribution >= 0.6 is 15.9 Å². The van der Waals surface area contributed by atoms with Crippen molar-refractivity contribution in [3.8, 4) is 0 Å². The third-order valence-electron chi connectivity index (χ3n) is 2.85. The first-order valence-corrected chi connectivity index (χ1v) is 6.42. The zero-order chi connectivity index (χ0) is 14.0. The number of benzene rings is 1.